The highest BCUT2D eigenvalue weighted by Crippen LogP contribution is 2.24. The van der Waals surface area contributed by atoms with Crippen LogP contribution in [-0.4, -0.2) is 47.9 Å². The standard InChI is InChI=1S/C13H20N4O/c14-6-11-5-10(7-15-11)8-16-3-4-17-12(9-16)1-2-13(17)18/h6,8,12,15H,1-5,7,9,14H2/b10-8+,11-6-. The molecule has 1 amide bonds. The maximum absolute atomic E-state index is 11.6. The van der Waals surface area contributed by atoms with Crippen LogP contribution in [0.3, 0.4) is 0 Å². The van der Waals surface area contributed by atoms with Gasteiger partial charge in [-0.25, -0.2) is 0 Å². The highest BCUT2D eigenvalue weighted by atomic mass is 16.2. The predicted octanol–water partition coefficient (Wildman–Crippen LogP) is -0.0297. The first kappa shape index (κ1) is 11.4. The summed E-state index contributed by atoms with van der Waals surface area (Å²) < 4.78 is 0. The Kier molecular flexibility index (Phi) is 2.89. The van der Waals surface area contributed by atoms with E-state index in [4.69, 9.17) is 5.73 Å². The lowest BCUT2D eigenvalue weighted by atomic mass is 10.1. The third-order valence-corrected chi connectivity index (χ3v) is 4.05. The molecule has 0 aliphatic carbocycles. The van der Waals surface area contributed by atoms with Gasteiger partial charge < -0.3 is 20.9 Å². The highest BCUT2D eigenvalue weighted by Gasteiger charge is 2.34. The Hall–Kier alpha value is -1.65. The third kappa shape index (κ3) is 2.05. The summed E-state index contributed by atoms with van der Waals surface area (Å²) >= 11 is 0. The number of allylic oxidation sites excluding steroid dienone is 1. The minimum Gasteiger partial charge on any atom is -0.403 e. The number of nitrogens with two attached hydrogens (primary N) is 1. The first-order valence-electron chi connectivity index (χ1n) is 6.64. The summed E-state index contributed by atoms with van der Waals surface area (Å²) in [6, 6.07) is 0.432. The molecule has 98 valence electrons. The summed E-state index contributed by atoms with van der Waals surface area (Å²) in [6.07, 6.45) is 6.58. The molecule has 0 saturated carbocycles. The molecule has 18 heavy (non-hydrogen) atoms. The number of hydrogen-bond donors (Lipinski definition) is 2. The minimum atomic E-state index is 0.336. The van der Waals surface area contributed by atoms with Crippen LogP contribution in [0.4, 0.5) is 0 Å². The van der Waals surface area contributed by atoms with Gasteiger partial charge in [0.25, 0.3) is 0 Å². The van der Waals surface area contributed by atoms with Crippen LogP contribution in [0, 0.1) is 0 Å². The van der Waals surface area contributed by atoms with Gasteiger partial charge in [-0.2, -0.15) is 0 Å². The lowest BCUT2D eigenvalue weighted by Gasteiger charge is -2.37. The molecule has 3 N–H and O–H groups in total. The molecule has 3 aliphatic heterocycles. The lowest BCUT2D eigenvalue weighted by molar-refractivity contribution is -0.130. The fourth-order valence-electron chi connectivity index (χ4n) is 3.07. The SMILES string of the molecule is N/C=C1/C/C(=C\N2CCN3C(=O)CCC3C2)CN1. The van der Waals surface area contributed by atoms with Crippen molar-refractivity contribution in [1.82, 2.24) is 15.1 Å². The number of fused-ring (bicyclic) bond motifs is 1. The topological polar surface area (TPSA) is 61.6 Å². The van der Waals surface area contributed by atoms with Crippen LogP contribution in [0.2, 0.25) is 0 Å². The van der Waals surface area contributed by atoms with E-state index in [9.17, 15) is 4.79 Å². The average Bonchev–Trinajstić information content (AvgIpc) is 2.97. The summed E-state index contributed by atoms with van der Waals surface area (Å²) in [7, 11) is 0. The smallest absolute Gasteiger partial charge is 0.223 e. The molecular weight excluding hydrogens is 228 g/mol. The fraction of sp³-hybridized carbons (Fsp3) is 0.615. The summed E-state index contributed by atoms with van der Waals surface area (Å²) in [6.45, 7) is 3.71. The zero-order chi connectivity index (χ0) is 12.5. The van der Waals surface area contributed by atoms with Crippen LogP contribution in [-0.2, 0) is 4.79 Å². The van der Waals surface area contributed by atoms with E-state index in [1.165, 1.54) is 5.57 Å². The summed E-state index contributed by atoms with van der Waals surface area (Å²) in [4.78, 5) is 16.0. The Balaban J connectivity index is 1.62. The molecule has 3 heterocycles. The summed E-state index contributed by atoms with van der Waals surface area (Å²) in [5.74, 6) is 0.336. The van der Waals surface area contributed by atoms with Crippen molar-refractivity contribution in [1.29, 1.82) is 0 Å². The van der Waals surface area contributed by atoms with Gasteiger partial charge in [-0.15, -0.1) is 0 Å². The molecular formula is C13H20N4O. The van der Waals surface area contributed by atoms with Crippen LogP contribution in [0.1, 0.15) is 19.3 Å². The van der Waals surface area contributed by atoms with Crippen LogP contribution >= 0.6 is 0 Å². The first-order chi connectivity index (χ1) is 8.76. The second-order valence-electron chi connectivity index (χ2n) is 5.28. The Morgan fingerprint density at radius 2 is 2.28 bits per heavy atom. The van der Waals surface area contributed by atoms with Gasteiger partial charge in [0.15, 0.2) is 0 Å². The van der Waals surface area contributed by atoms with E-state index in [0.29, 0.717) is 11.9 Å². The molecule has 3 aliphatic rings. The fourth-order valence-corrected chi connectivity index (χ4v) is 3.07. The molecule has 0 aromatic carbocycles. The highest BCUT2D eigenvalue weighted by molar-refractivity contribution is 5.78. The average molecular weight is 248 g/mol. The van der Waals surface area contributed by atoms with Crippen LogP contribution in [0.25, 0.3) is 0 Å². The zero-order valence-electron chi connectivity index (χ0n) is 10.6. The molecule has 3 saturated heterocycles. The maximum Gasteiger partial charge on any atom is 0.223 e. The van der Waals surface area contributed by atoms with Crippen molar-refractivity contribution in [3.8, 4) is 0 Å². The van der Waals surface area contributed by atoms with Crippen LogP contribution in [0.15, 0.2) is 23.7 Å². The van der Waals surface area contributed by atoms with E-state index in [1.54, 1.807) is 6.20 Å². The number of rotatable bonds is 1. The van der Waals surface area contributed by atoms with Gasteiger partial charge in [-0.1, -0.05) is 0 Å². The van der Waals surface area contributed by atoms with Gasteiger partial charge >= 0.3 is 0 Å². The Labute approximate surface area is 107 Å². The van der Waals surface area contributed by atoms with Crippen molar-refractivity contribution < 1.29 is 4.79 Å². The van der Waals surface area contributed by atoms with Crippen molar-refractivity contribution in [3.63, 3.8) is 0 Å². The van der Waals surface area contributed by atoms with Crippen LogP contribution < -0.4 is 11.1 Å². The lowest BCUT2D eigenvalue weighted by Crippen LogP contribution is -2.49. The molecule has 3 fully saturated rings. The van der Waals surface area contributed by atoms with E-state index in [0.717, 1.165) is 51.1 Å². The number of piperazine rings is 1. The van der Waals surface area contributed by atoms with E-state index in [2.05, 4.69) is 16.4 Å². The summed E-state index contributed by atoms with van der Waals surface area (Å²) in [5, 5.41) is 3.28. The van der Waals surface area contributed by atoms with E-state index < -0.39 is 0 Å². The van der Waals surface area contributed by atoms with Crippen molar-refractivity contribution in [3.05, 3.63) is 23.7 Å². The third-order valence-electron chi connectivity index (χ3n) is 4.05. The largest absolute Gasteiger partial charge is 0.403 e. The van der Waals surface area contributed by atoms with E-state index in [1.807, 2.05) is 4.90 Å². The molecule has 0 aromatic heterocycles. The molecule has 5 nitrogen and oxygen atoms in total. The molecule has 0 aromatic rings. The Bertz CT molecular complexity index is 415. The van der Waals surface area contributed by atoms with Gasteiger partial charge in [0.1, 0.15) is 0 Å². The number of carbonyl (C=O) groups is 1. The normalized spacial score (nSPS) is 32.2. The van der Waals surface area contributed by atoms with E-state index >= 15 is 0 Å². The quantitative estimate of drug-likeness (QED) is 0.684. The van der Waals surface area contributed by atoms with Gasteiger partial charge in [-0.3, -0.25) is 4.79 Å². The molecule has 1 atom stereocenters. The molecule has 0 bridgehead atoms. The molecule has 3 rings (SSSR count). The van der Waals surface area contributed by atoms with Crippen molar-refractivity contribution in [2.45, 2.75) is 25.3 Å². The number of carbonyl (C=O) groups excluding carboxylic acids is 1. The molecule has 0 radical (unpaired) electrons. The second kappa shape index (κ2) is 4.55. The minimum absolute atomic E-state index is 0.336. The Morgan fingerprint density at radius 1 is 1.39 bits per heavy atom. The summed E-state index contributed by atoms with van der Waals surface area (Å²) in [5.41, 5.74) is 7.99. The molecule has 1 unspecified atom stereocenters. The van der Waals surface area contributed by atoms with Gasteiger partial charge in [0.05, 0.1) is 0 Å². The van der Waals surface area contributed by atoms with Gasteiger partial charge in [0.2, 0.25) is 5.91 Å². The predicted molar refractivity (Wildman–Crippen MR) is 69.3 cm³/mol. The molecule has 5 heteroatoms. The second-order valence-corrected chi connectivity index (χ2v) is 5.28. The van der Waals surface area contributed by atoms with E-state index in [-0.39, 0.29) is 0 Å². The van der Waals surface area contributed by atoms with Crippen molar-refractivity contribution >= 4 is 5.91 Å². The van der Waals surface area contributed by atoms with Crippen LogP contribution in [0.5, 0.6) is 0 Å². The van der Waals surface area contributed by atoms with Gasteiger partial charge in [0, 0.05) is 63.2 Å². The van der Waals surface area contributed by atoms with Crippen molar-refractivity contribution in [2.75, 3.05) is 26.2 Å². The first-order valence-corrected chi connectivity index (χ1v) is 6.64. The number of nitrogens with one attached hydrogen (secondary N) is 1. The monoisotopic (exact) mass is 248 g/mol. The van der Waals surface area contributed by atoms with Gasteiger partial charge in [-0.05, 0) is 12.0 Å². The molecule has 0 spiro atoms. The number of nitrogens with zero attached hydrogens (tertiary/aromatic N) is 2. The maximum atomic E-state index is 11.6. The zero-order valence-corrected chi connectivity index (χ0v) is 10.6. The van der Waals surface area contributed by atoms with Crippen molar-refractivity contribution in [2.24, 2.45) is 5.73 Å². The number of amides is 1. The number of hydrogen-bond acceptors (Lipinski definition) is 4. The Morgan fingerprint density at radius 3 is 3.06 bits per heavy atom.